The molecule has 0 heterocycles. The van der Waals surface area contributed by atoms with Gasteiger partial charge < -0.3 is 0 Å². The van der Waals surface area contributed by atoms with E-state index in [0.717, 1.165) is 0 Å². The molecule has 0 radical (unpaired) electrons. The Kier molecular flexibility index (Phi) is 10.7. The molecule has 0 saturated carbocycles. The van der Waals surface area contributed by atoms with Crippen LogP contribution in [0.5, 0.6) is 0 Å². The summed E-state index contributed by atoms with van der Waals surface area (Å²) in [5.74, 6) is 0. The number of halogens is 2. The van der Waals surface area contributed by atoms with Gasteiger partial charge >= 0.3 is 51.6 Å². The second-order valence-corrected chi connectivity index (χ2v) is 10.4. The van der Waals surface area contributed by atoms with Gasteiger partial charge in [-0.2, -0.15) is 47.5 Å². The van der Waals surface area contributed by atoms with E-state index in [4.69, 9.17) is 18.6 Å². The van der Waals surface area contributed by atoms with Crippen LogP contribution in [0.4, 0.5) is 0 Å². The average Bonchev–Trinajstić information content (AvgIpc) is 2.96. The molecule has 0 aliphatic rings. The van der Waals surface area contributed by atoms with Crippen molar-refractivity contribution in [3.8, 4) is 0 Å². The predicted molar refractivity (Wildman–Crippen MR) is 81.6 cm³/mol. The van der Waals surface area contributed by atoms with E-state index in [2.05, 4.69) is 32.0 Å². The Bertz CT molecular complexity index is 387. The Labute approximate surface area is 124 Å². The van der Waals surface area contributed by atoms with Gasteiger partial charge in [-0.25, -0.2) is 12.1 Å². The molecule has 2 rings (SSSR count). The molecule has 18 heavy (non-hydrogen) atoms. The molecule has 0 aliphatic heterocycles. The number of hydrogen-bond donors (Lipinski definition) is 0. The van der Waals surface area contributed by atoms with Gasteiger partial charge in [-0.05, 0) is 0 Å². The van der Waals surface area contributed by atoms with E-state index >= 15 is 0 Å². The number of hydrogen-bond acceptors (Lipinski definition) is 0. The monoisotopic (exact) mass is 318 g/mol. The first-order valence-corrected chi connectivity index (χ1v) is 10.9. The van der Waals surface area contributed by atoms with Crippen LogP contribution in [0.25, 0.3) is 0 Å². The molecule has 0 fully saturated rings. The van der Waals surface area contributed by atoms with Gasteiger partial charge in [0.2, 0.25) is 0 Å². The predicted octanol–water partition coefficient (Wildman–Crippen LogP) is 5.55. The molecule has 0 bridgehead atoms. The van der Waals surface area contributed by atoms with Gasteiger partial charge in [-0.3, -0.25) is 0 Å². The quantitative estimate of drug-likeness (QED) is 0.441. The Hall–Kier alpha value is -0.136. The van der Waals surface area contributed by atoms with Crippen LogP contribution >= 0.6 is 18.6 Å². The van der Waals surface area contributed by atoms with Crippen molar-refractivity contribution in [2.24, 2.45) is 0 Å². The molecule has 0 amide bonds. The van der Waals surface area contributed by atoms with E-state index in [9.17, 15) is 0 Å². The van der Waals surface area contributed by atoms with Crippen molar-refractivity contribution in [1.82, 2.24) is 0 Å². The first kappa shape index (κ1) is 17.9. The molecule has 0 aromatic heterocycles. The van der Waals surface area contributed by atoms with Gasteiger partial charge in [0.05, 0.1) is 0 Å². The van der Waals surface area contributed by atoms with Gasteiger partial charge in [0, 0.05) is 0 Å². The zero-order valence-electron chi connectivity index (χ0n) is 11.4. The summed E-state index contributed by atoms with van der Waals surface area (Å²) >= 11 is -1.60. The summed E-state index contributed by atoms with van der Waals surface area (Å²) in [4.78, 5) is 0. The van der Waals surface area contributed by atoms with Crippen LogP contribution in [0.2, 0.25) is 0 Å². The smallest absolute Gasteiger partial charge is 0.0958 e. The maximum Gasteiger partial charge on any atom is -0.0958 e. The zero-order chi connectivity index (χ0) is 14.0. The Morgan fingerprint density at radius 3 is 1.44 bits per heavy atom. The van der Waals surface area contributed by atoms with Crippen molar-refractivity contribution in [2.75, 3.05) is 0 Å². The Morgan fingerprint density at radius 2 is 1.33 bits per heavy atom. The van der Waals surface area contributed by atoms with Crippen LogP contribution in [-0.2, 0) is 15.3 Å². The fourth-order valence-corrected chi connectivity index (χ4v) is 0.920. The minimum Gasteiger partial charge on any atom is -0.214 e. The van der Waals surface area contributed by atoms with E-state index in [1.54, 1.807) is 0 Å². The molecule has 0 unspecified atom stereocenters. The minimum atomic E-state index is -1.60. The molecule has 0 atom stereocenters. The van der Waals surface area contributed by atoms with Crippen LogP contribution < -0.4 is 0 Å². The van der Waals surface area contributed by atoms with Crippen LogP contribution in [0, 0.1) is 13.8 Å². The molecule has 0 N–H and O–H groups in total. The largest absolute Gasteiger partial charge is 0.214 e. The maximum absolute atomic E-state index is 5.51. The van der Waals surface area contributed by atoms with Crippen LogP contribution in [0.3, 0.4) is 0 Å². The third kappa shape index (κ3) is 9.85. The van der Waals surface area contributed by atoms with Crippen molar-refractivity contribution in [3.05, 3.63) is 59.7 Å². The van der Waals surface area contributed by atoms with Gasteiger partial charge in [0.15, 0.2) is 0 Å². The topological polar surface area (TPSA) is 0 Å². The normalized spacial score (nSPS) is 8.56. The van der Waals surface area contributed by atoms with Crippen molar-refractivity contribution in [1.29, 1.82) is 0 Å². The number of rotatable bonds is 0. The fraction of sp³-hybridized carbons (Fsp3) is 0.267. The summed E-state index contributed by atoms with van der Waals surface area (Å²) in [6.45, 7) is 8.18. The Balaban J connectivity index is 0.000000244. The SMILES string of the molecule is C[C](C)=[Ti]([Cl])[Cl].Cc1c[cH-]cc1C.c1cc[cH-]c1. The molecule has 0 spiro atoms. The minimum absolute atomic E-state index is 1.21. The maximum atomic E-state index is 5.51. The summed E-state index contributed by atoms with van der Waals surface area (Å²) in [6, 6.07) is 16.3. The molecule has 0 nitrogen and oxygen atoms in total. The standard InChI is InChI=1S/C7H9.C5H5.C3H6.2ClH.Ti/c1-6-4-3-5-7(6)2;1-2-4-5-3-1;1-3-2;;;/h3-5H,1-2H3;1-5H;1-2H3;2*1H;/q2*-1;;;;+2/p-2. The van der Waals surface area contributed by atoms with Crippen molar-refractivity contribution in [2.45, 2.75) is 27.7 Å². The second-order valence-electron chi connectivity index (χ2n) is 4.11. The van der Waals surface area contributed by atoms with Crippen LogP contribution in [-0.4, -0.2) is 3.81 Å². The van der Waals surface area contributed by atoms with Gasteiger partial charge in [-0.1, -0.05) is 13.8 Å². The molecule has 3 heteroatoms. The van der Waals surface area contributed by atoms with E-state index in [-0.39, 0.29) is 0 Å². The second kappa shape index (κ2) is 10.8. The van der Waals surface area contributed by atoms with E-state index < -0.39 is 15.3 Å². The molecule has 0 aliphatic carbocycles. The summed E-state index contributed by atoms with van der Waals surface area (Å²) in [6.07, 6.45) is 0. The summed E-state index contributed by atoms with van der Waals surface area (Å²) in [5.41, 5.74) is 2.78. The summed E-state index contributed by atoms with van der Waals surface area (Å²) < 4.78 is 1.21. The molecule has 0 saturated heterocycles. The first-order chi connectivity index (χ1) is 8.45. The molecule has 100 valence electrons. The third-order valence-corrected chi connectivity index (χ3v) is 6.55. The molecule has 2 aromatic carbocycles. The molecular formula is C15H20Cl2Ti-2. The van der Waals surface area contributed by atoms with Crippen molar-refractivity contribution >= 4 is 22.4 Å². The zero-order valence-corrected chi connectivity index (χ0v) is 14.4. The Morgan fingerprint density at radius 1 is 0.944 bits per heavy atom. The molecule has 2 aromatic rings. The van der Waals surface area contributed by atoms with Gasteiger partial charge in [-0.15, -0.1) is 0 Å². The first-order valence-electron chi connectivity index (χ1n) is 5.79. The molecular weight excluding hydrogens is 299 g/mol. The van der Waals surface area contributed by atoms with Gasteiger partial charge in [0.1, 0.15) is 0 Å². The van der Waals surface area contributed by atoms with Crippen molar-refractivity contribution in [3.63, 3.8) is 0 Å². The van der Waals surface area contributed by atoms with Crippen molar-refractivity contribution < 1.29 is 15.3 Å². The summed E-state index contributed by atoms with van der Waals surface area (Å²) in [7, 11) is 11.0. The summed E-state index contributed by atoms with van der Waals surface area (Å²) in [5, 5.41) is 0. The van der Waals surface area contributed by atoms with E-state index in [0.29, 0.717) is 0 Å². The van der Waals surface area contributed by atoms with Gasteiger partial charge in [0.25, 0.3) is 0 Å². The third-order valence-electron chi connectivity index (χ3n) is 2.25. The van der Waals surface area contributed by atoms with Crippen LogP contribution in [0.15, 0.2) is 48.5 Å². The van der Waals surface area contributed by atoms with E-state index in [1.807, 2.05) is 44.2 Å². The average molecular weight is 319 g/mol. The fourth-order valence-electron chi connectivity index (χ4n) is 0.920. The van der Waals surface area contributed by atoms with Crippen LogP contribution in [0.1, 0.15) is 25.0 Å². The number of aryl methyl sites for hydroxylation is 2. The van der Waals surface area contributed by atoms with E-state index in [1.165, 1.54) is 14.9 Å².